The lowest BCUT2D eigenvalue weighted by Crippen LogP contribution is -2.18. The minimum atomic E-state index is -0.995. The number of benzene rings is 1. The lowest BCUT2D eigenvalue weighted by molar-refractivity contribution is -0.141. The normalized spacial score (nSPS) is 12.2. The van der Waals surface area contributed by atoms with Crippen LogP contribution in [0.2, 0.25) is 0 Å². The van der Waals surface area contributed by atoms with Crippen LogP contribution in [0.15, 0.2) is 49.6 Å². The number of carbonyl (C=O) groups excluding carboxylic acids is 3. The van der Waals surface area contributed by atoms with Crippen LogP contribution in [0.5, 0.6) is 0 Å². The largest absolute Gasteiger partial charge is 0.460 e. The highest BCUT2D eigenvalue weighted by Gasteiger charge is 2.11. The summed E-state index contributed by atoms with van der Waals surface area (Å²) in [6.07, 6.45) is 1.15. The van der Waals surface area contributed by atoms with Gasteiger partial charge in [0.05, 0.1) is 12.7 Å². The van der Waals surface area contributed by atoms with Gasteiger partial charge in [-0.15, -0.1) is 0 Å². The number of nitrogens with one attached hydrogen (secondary N) is 1. The monoisotopic (exact) mass is 421 g/mol. The average molecular weight is 421 g/mol. The van der Waals surface area contributed by atoms with E-state index in [2.05, 4.69) is 18.5 Å². The van der Waals surface area contributed by atoms with Crippen molar-refractivity contribution in [2.24, 2.45) is 0 Å². The molecule has 0 fully saturated rings. The van der Waals surface area contributed by atoms with Crippen molar-refractivity contribution in [3.63, 3.8) is 0 Å². The smallest absolute Gasteiger partial charge is 0.411 e. The van der Waals surface area contributed by atoms with Gasteiger partial charge in [-0.1, -0.05) is 25.3 Å². The molecule has 0 aromatic heterocycles. The van der Waals surface area contributed by atoms with Gasteiger partial charge in [0.15, 0.2) is 0 Å². The number of esters is 2. The second-order valence-electron chi connectivity index (χ2n) is 6.22. The maximum absolute atomic E-state index is 11.8. The number of hydrogen-bond donors (Lipinski definition) is 3. The highest BCUT2D eigenvalue weighted by molar-refractivity contribution is 5.84. The molecule has 1 aromatic rings. The van der Waals surface area contributed by atoms with Crippen LogP contribution in [0.3, 0.4) is 0 Å². The van der Waals surface area contributed by atoms with Crippen molar-refractivity contribution in [2.45, 2.75) is 31.5 Å². The first kappa shape index (κ1) is 24.9. The van der Waals surface area contributed by atoms with E-state index in [1.54, 1.807) is 24.3 Å². The Kier molecular flexibility index (Phi) is 11.5. The molecule has 30 heavy (non-hydrogen) atoms. The maximum atomic E-state index is 11.8. The zero-order valence-electron chi connectivity index (χ0n) is 16.6. The fourth-order valence-corrected chi connectivity index (χ4v) is 2.23. The second kappa shape index (κ2) is 13.9. The summed E-state index contributed by atoms with van der Waals surface area (Å²) in [5.41, 5.74) is 0.988. The van der Waals surface area contributed by atoms with Gasteiger partial charge in [0, 0.05) is 17.8 Å². The zero-order chi connectivity index (χ0) is 22.4. The molecule has 0 aliphatic rings. The molecule has 1 amide bonds. The number of rotatable bonds is 13. The molecule has 0 aliphatic carbocycles. The van der Waals surface area contributed by atoms with Crippen LogP contribution in [0.4, 0.5) is 10.5 Å². The third-order valence-electron chi connectivity index (χ3n) is 3.84. The molecule has 9 heteroatoms. The minimum absolute atomic E-state index is 0.104. The molecule has 9 nitrogen and oxygen atoms in total. The molecular weight excluding hydrogens is 394 g/mol. The van der Waals surface area contributed by atoms with Crippen LogP contribution in [0.25, 0.3) is 0 Å². The van der Waals surface area contributed by atoms with E-state index in [-0.39, 0.29) is 19.8 Å². The summed E-state index contributed by atoms with van der Waals surface area (Å²) < 4.78 is 14.5. The Morgan fingerprint density at radius 1 is 0.933 bits per heavy atom. The predicted octanol–water partition coefficient (Wildman–Crippen LogP) is 2.26. The third kappa shape index (κ3) is 10.4. The number of amides is 1. The molecule has 3 N–H and O–H groups in total. The lowest BCUT2D eigenvalue weighted by atomic mass is 10.1. The van der Waals surface area contributed by atoms with Gasteiger partial charge in [0.2, 0.25) is 0 Å². The molecule has 0 saturated carbocycles. The Hall–Kier alpha value is -3.17. The van der Waals surface area contributed by atoms with Crippen molar-refractivity contribution in [1.82, 2.24) is 0 Å². The summed E-state index contributed by atoms with van der Waals surface area (Å²) in [7, 11) is 0. The number of ether oxygens (including phenoxy) is 3. The van der Waals surface area contributed by atoms with Gasteiger partial charge in [-0.2, -0.15) is 0 Å². The third-order valence-corrected chi connectivity index (χ3v) is 3.84. The first-order valence-electron chi connectivity index (χ1n) is 9.34. The van der Waals surface area contributed by atoms with Crippen molar-refractivity contribution < 1.29 is 38.8 Å². The van der Waals surface area contributed by atoms with Gasteiger partial charge >= 0.3 is 18.0 Å². The van der Waals surface area contributed by atoms with E-state index in [1.165, 1.54) is 0 Å². The van der Waals surface area contributed by atoms with Gasteiger partial charge in [-0.3, -0.25) is 5.32 Å². The molecule has 1 rings (SSSR count). The van der Waals surface area contributed by atoms with E-state index in [0.29, 0.717) is 30.5 Å². The summed E-state index contributed by atoms with van der Waals surface area (Å²) >= 11 is 0. The highest BCUT2D eigenvalue weighted by Crippen LogP contribution is 2.17. The topological polar surface area (TPSA) is 131 Å². The molecule has 0 aliphatic heterocycles. The number of carbonyl (C=O) groups is 3. The standard InChI is InChI=1S/C21H27NO8/c1-3-19(25)29-13-17(23)7-5-6-12-28-21(27)22-16-10-8-15(9-11-16)18(24)14-30-20(26)4-2/h3-4,8-11,17-18,23-24H,1-2,5-7,12-14H2,(H,22,27). The molecule has 0 radical (unpaired) electrons. The lowest BCUT2D eigenvalue weighted by Gasteiger charge is -2.12. The molecule has 0 bridgehead atoms. The fraction of sp³-hybridized carbons (Fsp3) is 0.381. The summed E-state index contributed by atoms with van der Waals surface area (Å²) in [5.74, 6) is -1.21. The zero-order valence-corrected chi connectivity index (χ0v) is 16.6. The van der Waals surface area contributed by atoms with Crippen molar-refractivity contribution in [1.29, 1.82) is 0 Å². The van der Waals surface area contributed by atoms with Gasteiger partial charge in [-0.25, -0.2) is 14.4 Å². The van der Waals surface area contributed by atoms with E-state index in [0.717, 1.165) is 12.2 Å². The number of hydrogen-bond acceptors (Lipinski definition) is 8. The molecule has 164 valence electrons. The SMILES string of the molecule is C=CC(=O)OCC(O)CCCCOC(=O)Nc1ccc(C(O)COC(=O)C=C)cc1. The summed E-state index contributed by atoms with van der Waals surface area (Å²) in [6.45, 7) is 6.38. The Morgan fingerprint density at radius 2 is 1.53 bits per heavy atom. The number of anilines is 1. The number of aliphatic hydroxyl groups excluding tert-OH is 2. The van der Waals surface area contributed by atoms with E-state index in [1.807, 2.05) is 0 Å². The van der Waals surface area contributed by atoms with E-state index in [4.69, 9.17) is 14.2 Å². The Morgan fingerprint density at radius 3 is 2.13 bits per heavy atom. The van der Waals surface area contributed by atoms with Crippen molar-refractivity contribution in [2.75, 3.05) is 25.1 Å². The predicted molar refractivity (Wildman–Crippen MR) is 109 cm³/mol. The molecule has 2 atom stereocenters. The Labute approximate surface area is 174 Å². The molecule has 1 aromatic carbocycles. The van der Waals surface area contributed by atoms with Crippen LogP contribution < -0.4 is 5.32 Å². The number of aliphatic hydroxyl groups is 2. The fourth-order valence-electron chi connectivity index (χ4n) is 2.23. The first-order chi connectivity index (χ1) is 14.3. The first-order valence-corrected chi connectivity index (χ1v) is 9.34. The molecule has 0 spiro atoms. The second-order valence-corrected chi connectivity index (χ2v) is 6.22. The Balaban J connectivity index is 2.23. The number of unbranched alkanes of at least 4 members (excludes halogenated alkanes) is 1. The van der Waals surface area contributed by atoms with Crippen molar-refractivity contribution in [3.05, 3.63) is 55.1 Å². The molecule has 0 saturated heterocycles. The van der Waals surface area contributed by atoms with Gasteiger partial charge in [0.25, 0.3) is 0 Å². The van der Waals surface area contributed by atoms with E-state index >= 15 is 0 Å². The van der Waals surface area contributed by atoms with Crippen LogP contribution in [0.1, 0.15) is 30.9 Å². The van der Waals surface area contributed by atoms with Crippen LogP contribution in [0, 0.1) is 0 Å². The van der Waals surface area contributed by atoms with E-state index in [9.17, 15) is 24.6 Å². The van der Waals surface area contributed by atoms with Gasteiger partial charge in [-0.05, 0) is 37.0 Å². The quantitative estimate of drug-likeness (QED) is 0.191. The van der Waals surface area contributed by atoms with Crippen molar-refractivity contribution in [3.8, 4) is 0 Å². The van der Waals surface area contributed by atoms with E-state index < -0.39 is 30.2 Å². The van der Waals surface area contributed by atoms with Crippen LogP contribution in [-0.4, -0.2) is 54.2 Å². The Bertz CT molecular complexity index is 716. The maximum Gasteiger partial charge on any atom is 0.411 e. The average Bonchev–Trinajstić information content (AvgIpc) is 2.75. The molecule has 0 heterocycles. The highest BCUT2D eigenvalue weighted by atomic mass is 16.6. The van der Waals surface area contributed by atoms with Gasteiger partial charge in [0.1, 0.15) is 19.3 Å². The molecular formula is C21H27NO8. The molecule has 2 unspecified atom stereocenters. The van der Waals surface area contributed by atoms with Crippen molar-refractivity contribution >= 4 is 23.7 Å². The summed E-state index contributed by atoms with van der Waals surface area (Å²) in [4.78, 5) is 33.7. The van der Waals surface area contributed by atoms with Crippen LogP contribution >= 0.6 is 0 Å². The summed E-state index contributed by atoms with van der Waals surface area (Å²) in [5, 5.41) is 22.1. The minimum Gasteiger partial charge on any atom is -0.460 e. The summed E-state index contributed by atoms with van der Waals surface area (Å²) in [6, 6.07) is 6.33. The van der Waals surface area contributed by atoms with Gasteiger partial charge < -0.3 is 24.4 Å². The van der Waals surface area contributed by atoms with Crippen LogP contribution in [-0.2, 0) is 23.8 Å².